The standard InChI is InChI=1S/C15H14Cl2N2O2/c1-8-3-4-9(5-11(8)16)15(20)19-14-12(17)6-10(18)7-13(14)21-2/h3-7H,18H2,1-2H3,(H,19,20). The molecule has 0 aliphatic carbocycles. The van der Waals surface area contributed by atoms with Crippen molar-refractivity contribution in [3.63, 3.8) is 0 Å². The largest absolute Gasteiger partial charge is 0.494 e. The first-order chi connectivity index (χ1) is 9.92. The predicted molar refractivity (Wildman–Crippen MR) is 86.6 cm³/mol. The van der Waals surface area contributed by atoms with E-state index < -0.39 is 0 Å². The highest BCUT2D eigenvalue weighted by Gasteiger charge is 2.14. The number of nitrogen functional groups attached to an aromatic ring is 1. The lowest BCUT2D eigenvalue weighted by Crippen LogP contribution is -2.13. The third-order valence-corrected chi connectivity index (χ3v) is 3.67. The van der Waals surface area contributed by atoms with Gasteiger partial charge >= 0.3 is 0 Å². The van der Waals surface area contributed by atoms with Gasteiger partial charge in [0.15, 0.2) is 0 Å². The molecule has 0 saturated carbocycles. The van der Waals surface area contributed by atoms with Crippen molar-refractivity contribution in [3.8, 4) is 5.75 Å². The van der Waals surface area contributed by atoms with Crippen LogP contribution >= 0.6 is 23.2 Å². The van der Waals surface area contributed by atoms with Crippen molar-refractivity contribution in [1.29, 1.82) is 0 Å². The van der Waals surface area contributed by atoms with Crippen LogP contribution in [0.2, 0.25) is 10.0 Å². The summed E-state index contributed by atoms with van der Waals surface area (Å²) in [6.07, 6.45) is 0. The highest BCUT2D eigenvalue weighted by Crippen LogP contribution is 2.35. The molecule has 2 aromatic rings. The Kier molecular flexibility index (Phi) is 4.60. The number of hydrogen-bond donors (Lipinski definition) is 2. The third kappa shape index (κ3) is 3.40. The molecule has 0 radical (unpaired) electrons. The van der Waals surface area contributed by atoms with E-state index in [1.807, 2.05) is 6.92 Å². The van der Waals surface area contributed by atoms with Crippen molar-refractivity contribution in [2.24, 2.45) is 0 Å². The van der Waals surface area contributed by atoms with E-state index >= 15 is 0 Å². The summed E-state index contributed by atoms with van der Waals surface area (Å²) in [6, 6.07) is 8.20. The van der Waals surface area contributed by atoms with Crippen molar-refractivity contribution >= 4 is 40.5 Å². The van der Waals surface area contributed by atoms with E-state index in [2.05, 4.69) is 5.32 Å². The summed E-state index contributed by atoms with van der Waals surface area (Å²) in [5.41, 5.74) is 7.84. The van der Waals surface area contributed by atoms with Crippen LogP contribution in [0, 0.1) is 6.92 Å². The lowest BCUT2D eigenvalue weighted by Gasteiger charge is -2.13. The minimum absolute atomic E-state index is 0.304. The van der Waals surface area contributed by atoms with E-state index in [4.69, 9.17) is 33.7 Å². The van der Waals surface area contributed by atoms with Crippen LogP contribution in [0.1, 0.15) is 15.9 Å². The first kappa shape index (κ1) is 15.5. The Morgan fingerprint density at radius 2 is 1.90 bits per heavy atom. The van der Waals surface area contributed by atoms with Crippen LogP contribution in [0.4, 0.5) is 11.4 Å². The number of anilines is 2. The van der Waals surface area contributed by atoms with Crippen LogP contribution in [0.15, 0.2) is 30.3 Å². The molecular weight excluding hydrogens is 311 g/mol. The molecule has 0 heterocycles. The average Bonchev–Trinajstić information content (AvgIpc) is 2.44. The number of rotatable bonds is 3. The molecule has 3 N–H and O–H groups in total. The molecule has 0 fully saturated rings. The first-order valence-corrected chi connectivity index (χ1v) is 6.88. The molecule has 1 amide bonds. The average molecular weight is 325 g/mol. The fraction of sp³-hybridized carbons (Fsp3) is 0.133. The van der Waals surface area contributed by atoms with Gasteiger partial charge in [-0.25, -0.2) is 0 Å². The molecule has 0 bridgehead atoms. The van der Waals surface area contributed by atoms with E-state index in [1.54, 1.807) is 30.3 Å². The molecular formula is C15H14Cl2N2O2. The molecule has 0 unspecified atom stereocenters. The molecule has 0 aromatic heterocycles. The number of carbonyl (C=O) groups excluding carboxylic acids is 1. The van der Waals surface area contributed by atoms with Crippen LogP contribution in [-0.4, -0.2) is 13.0 Å². The topological polar surface area (TPSA) is 64.3 Å². The van der Waals surface area contributed by atoms with E-state index in [0.29, 0.717) is 32.7 Å². The summed E-state index contributed by atoms with van der Waals surface area (Å²) in [7, 11) is 1.48. The zero-order valence-electron chi connectivity index (χ0n) is 11.5. The number of ether oxygens (including phenoxy) is 1. The van der Waals surface area contributed by atoms with Crippen molar-refractivity contribution in [2.75, 3.05) is 18.2 Å². The van der Waals surface area contributed by atoms with Crippen LogP contribution < -0.4 is 15.8 Å². The van der Waals surface area contributed by atoms with Gasteiger partial charge in [-0.05, 0) is 30.7 Å². The van der Waals surface area contributed by atoms with Crippen LogP contribution in [0.5, 0.6) is 5.75 Å². The number of nitrogens with two attached hydrogens (primary N) is 1. The lowest BCUT2D eigenvalue weighted by molar-refractivity contribution is 0.102. The van der Waals surface area contributed by atoms with Gasteiger partial charge in [0.25, 0.3) is 5.91 Å². The van der Waals surface area contributed by atoms with E-state index in [-0.39, 0.29) is 5.91 Å². The van der Waals surface area contributed by atoms with Gasteiger partial charge in [0.2, 0.25) is 0 Å². The van der Waals surface area contributed by atoms with Crippen molar-refractivity contribution in [3.05, 3.63) is 51.5 Å². The number of halogens is 2. The van der Waals surface area contributed by atoms with Crippen LogP contribution in [-0.2, 0) is 0 Å². The van der Waals surface area contributed by atoms with Crippen LogP contribution in [0.25, 0.3) is 0 Å². The maximum absolute atomic E-state index is 12.3. The summed E-state index contributed by atoms with van der Waals surface area (Å²) >= 11 is 12.1. The van der Waals surface area contributed by atoms with Crippen molar-refractivity contribution in [2.45, 2.75) is 6.92 Å². The van der Waals surface area contributed by atoms with Crippen molar-refractivity contribution < 1.29 is 9.53 Å². The minimum atomic E-state index is -0.332. The molecule has 110 valence electrons. The summed E-state index contributed by atoms with van der Waals surface area (Å²) < 4.78 is 5.18. The highest BCUT2D eigenvalue weighted by molar-refractivity contribution is 6.35. The zero-order valence-corrected chi connectivity index (χ0v) is 13.0. The fourth-order valence-corrected chi connectivity index (χ4v) is 2.25. The molecule has 2 aromatic carbocycles. The molecule has 0 aliphatic rings. The van der Waals surface area contributed by atoms with Gasteiger partial charge in [-0.1, -0.05) is 29.3 Å². The highest BCUT2D eigenvalue weighted by atomic mass is 35.5. The van der Waals surface area contributed by atoms with Gasteiger partial charge in [-0.3, -0.25) is 4.79 Å². The smallest absolute Gasteiger partial charge is 0.255 e. The number of nitrogens with one attached hydrogen (secondary N) is 1. The number of hydrogen-bond acceptors (Lipinski definition) is 3. The Morgan fingerprint density at radius 3 is 2.52 bits per heavy atom. The SMILES string of the molecule is COc1cc(N)cc(Cl)c1NC(=O)c1ccc(C)c(Cl)c1. The summed E-state index contributed by atoms with van der Waals surface area (Å²) in [4.78, 5) is 12.3. The van der Waals surface area contributed by atoms with Crippen LogP contribution in [0.3, 0.4) is 0 Å². The predicted octanol–water partition coefficient (Wildman–Crippen LogP) is 4.14. The number of benzene rings is 2. The fourth-order valence-electron chi connectivity index (χ4n) is 1.80. The molecule has 0 saturated heterocycles. The maximum Gasteiger partial charge on any atom is 0.255 e. The Balaban J connectivity index is 2.33. The molecule has 4 nitrogen and oxygen atoms in total. The quantitative estimate of drug-likeness (QED) is 0.834. The molecule has 21 heavy (non-hydrogen) atoms. The second kappa shape index (κ2) is 6.24. The van der Waals surface area contributed by atoms with Gasteiger partial charge in [-0.2, -0.15) is 0 Å². The molecule has 0 aliphatic heterocycles. The molecule has 6 heteroatoms. The Morgan fingerprint density at radius 1 is 1.19 bits per heavy atom. The van der Waals surface area contributed by atoms with Gasteiger partial charge in [0.05, 0.1) is 12.1 Å². The molecule has 2 rings (SSSR count). The number of aryl methyl sites for hydroxylation is 1. The molecule has 0 spiro atoms. The van der Waals surface area contributed by atoms with E-state index in [1.165, 1.54) is 7.11 Å². The monoisotopic (exact) mass is 324 g/mol. The molecule has 0 atom stereocenters. The second-order valence-corrected chi connectivity index (χ2v) is 5.31. The Labute approximate surface area is 132 Å². The Hall–Kier alpha value is -1.91. The first-order valence-electron chi connectivity index (χ1n) is 6.13. The van der Waals surface area contributed by atoms with Gasteiger partial charge in [0.1, 0.15) is 11.4 Å². The normalized spacial score (nSPS) is 10.3. The number of methoxy groups -OCH3 is 1. The number of amides is 1. The third-order valence-electron chi connectivity index (χ3n) is 2.97. The lowest BCUT2D eigenvalue weighted by atomic mass is 10.1. The second-order valence-electron chi connectivity index (χ2n) is 4.50. The summed E-state index contributed by atoms with van der Waals surface area (Å²) in [5, 5.41) is 3.54. The van der Waals surface area contributed by atoms with Gasteiger partial charge in [0, 0.05) is 22.3 Å². The Bertz CT molecular complexity index is 702. The summed E-state index contributed by atoms with van der Waals surface area (Å²) in [5.74, 6) is 0.0634. The van der Waals surface area contributed by atoms with E-state index in [0.717, 1.165) is 5.56 Å². The minimum Gasteiger partial charge on any atom is -0.494 e. The summed E-state index contributed by atoms with van der Waals surface area (Å²) in [6.45, 7) is 1.86. The van der Waals surface area contributed by atoms with Gasteiger partial charge < -0.3 is 15.8 Å². The number of carbonyl (C=O) groups is 1. The van der Waals surface area contributed by atoms with Crippen molar-refractivity contribution in [1.82, 2.24) is 0 Å². The van der Waals surface area contributed by atoms with E-state index in [9.17, 15) is 4.79 Å². The van der Waals surface area contributed by atoms with Gasteiger partial charge in [-0.15, -0.1) is 0 Å². The zero-order chi connectivity index (χ0) is 15.6. The maximum atomic E-state index is 12.3.